The molecule has 1 heterocycles. The van der Waals surface area contributed by atoms with Gasteiger partial charge in [-0.25, -0.2) is 0 Å². The summed E-state index contributed by atoms with van der Waals surface area (Å²) < 4.78 is 0. The normalized spacial score (nSPS) is 15.8. The number of aromatic nitrogens is 1. The highest BCUT2D eigenvalue weighted by atomic mass is 16.3. The molecule has 1 aliphatic rings. The molecule has 4 heteroatoms. The molecule has 1 aromatic heterocycles. The van der Waals surface area contributed by atoms with Gasteiger partial charge in [0.25, 0.3) is 0 Å². The van der Waals surface area contributed by atoms with Crippen LogP contribution in [0, 0.1) is 13.8 Å². The van der Waals surface area contributed by atoms with E-state index < -0.39 is 0 Å². The third-order valence-electron chi connectivity index (χ3n) is 4.22. The van der Waals surface area contributed by atoms with Gasteiger partial charge in [0.1, 0.15) is 0 Å². The number of hydrogen-bond donors (Lipinski definition) is 2. The van der Waals surface area contributed by atoms with Gasteiger partial charge in [0.2, 0.25) is 0 Å². The number of anilines is 1. The largest absolute Gasteiger partial charge is 0.398 e. The summed E-state index contributed by atoms with van der Waals surface area (Å²) in [6.07, 6.45) is 6.56. The van der Waals surface area contributed by atoms with Crippen LogP contribution in [-0.2, 0) is 6.54 Å². The average Bonchev–Trinajstić information content (AvgIpc) is 2.34. The summed E-state index contributed by atoms with van der Waals surface area (Å²) in [5.41, 5.74) is 10.2. The standard InChI is InChI=1S/C15H25N3O/c1-11-9-17-14(12(2)15(11)16)10-18(7-4-8-19)13-5-3-6-13/h9,13,19H,3-8,10H2,1-2H3,(H2,16,17). The summed E-state index contributed by atoms with van der Waals surface area (Å²) in [6.45, 7) is 6.09. The van der Waals surface area contributed by atoms with Crippen LogP contribution in [0.1, 0.15) is 42.5 Å². The molecule has 0 spiro atoms. The molecular weight excluding hydrogens is 238 g/mol. The van der Waals surface area contributed by atoms with Crippen LogP contribution in [-0.4, -0.2) is 34.2 Å². The van der Waals surface area contributed by atoms with Crippen molar-refractivity contribution in [1.82, 2.24) is 9.88 Å². The summed E-state index contributed by atoms with van der Waals surface area (Å²) in [5, 5.41) is 9.03. The van der Waals surface area contributed by atoms with Crippen LogP contribution in [0.3, 0.4) is 0 Å². The van der Waals surface area contributed by atoms with E-state index in [2.05, 4.69) is 16.8 Å². The van der Waals surface area contributed by atoms with Crippen LogP contribution in [0.5, 0.6) is 0 Å². The first-order valence-electron chi connectivity index (χ1n) is 7.19. The van der Waals surface area contributed by atoms with Crippen LogP contribution in [0.25, 0.3) is 0 Å². The first-order valence-corrected chi connectivity index (χ1v) is 7.19. The fraction of sp³-hybridized carbons (Fsp3) is 0.667. The summed E-state index contributed by atoms with van der Waals surface area (Å²) in [7, 11) is 0. The average molecular weight is 263 g/mol. The number of aliphatic hydroxyl groups is 1. The first kappa shape index (κ1) is 14.3. The van der Waals surface area contributed by atoms with Crippen molar-refractivity contribution in [2.45, 2.75) is 52.1 Å². The van der Waals surface area contributed by atoms with Crippen LogP contribution >= 0.6 is 0 Å². The molecular formula is C15H25N3O. The summed E-state index contributed by atoms with van der Waals surface area (Å²) >= 11 is 0. The Kier molecular flexibility index (Phi) is 4.77. The Hall–Kier alpha value is -1.13. The third kappa shape index (κ3) is 3.25. The second kappa shape index (κ2) is 6.35. The van der Waals surface area contributed by atoms with Crippen molar-refractivity contribution in [2.24, 2.45) is 0 Å². The molecule has 0 radical (unpaired) electrons. The number of pyridine rings is 1. The second-order valence-electron chi connectivity index (χ2n) is 5.56. The highest BCUT2D eigenvalue weighted by molar-refractivity contribution is 5.53. The maximum atomic E-state index is 9.03. The van der Waals surface area contributed by atoms with E-state index in [1.54, 1.807) is 0 Å². The fourth-order valence-electron chi connectivity index (χ4n) is 2.56. The van der Waals surface area contributed by atoms with Crippen LogP contribution in [0.15, 0.2) is 6.20 Å². The maximum absolute atomic E-state index is 9.03. The number of hydrogen-bond acceptors (Lipinski definition) is 4. The predicted molar refractivity (Wildman–Crippen MR) is 77.9 cm³/mol. The van der Waals surface area contributed by atoms with Gasteiger partial charge in [0.15, 0.2) is 0 Å². The van der Waals surface area contributed by atoms with Crippen molar-refractivity contribution in [3.05, 3.63) is 23.0 Å². The van der Waals surface area contributed by atoms with Gasteiger partial charge in [-0.3, -0.25) is 9.88 Å². The van der Waals surface area contributed by atoms with E-state index in [1.807, 2.05) is 13.1 Å². The fourth-order valence-corrected chi connectivity index (χ4v) is 2.56. The van der Waals surface area contributed by atoms with E-state index in [0.29, 0.717) is 6.04 Å². The molecule has 0 amide bonds. The molecule has 1 aliphatic carbocycles. The Bertz CT molecular complexity index is 430. The van der Waals surface area contributed by atoms with E-state index >= 15 is 0 Å². The van der Waals surface area contributed by atoms with Crippen LogP contribution in [0.2, 0.25) is 0 Å². The molecule has 0 aromatic carbocycles. The monoisotopic (exact) mass is 263 g/mol. The molecule has 2 rings (SSSR count). The molecule has 106 valence electrons. The number of aliphatic hydroxyl groups excluding tert-OH is 1. The lowest BCUT2D eigenvalue weighted by Gasteiger charge is -2.37. The Balaban J connectivity index is 2.09. The Morgan fingerprint density at radius 2 is 2.16 bits per heavy atom. The summed E-state index contributed by atoms with van der Waals surface area (Å²) in [4.78, 5) is 6.99. The topological polar surface area (TPSA) is 62.4 Å². The lowest BCUT2D eigenvalue weighted by Crippen LogP contribution is -2.40. The molecule has 0 bridgehead atoms. The lowest BCUT2D eigenvalue weighted by atomic mass is 9.91. The minimum atomic E-state index is 0.256. The highest BCUT2D eigenvalue weighted by Crippen LogP contribution is 2.27. The van der Waals surface area contributed by atoms with E-state index in [9.17, 15) is 0 Å². The van der Waals surface area contributed by atoms with Gasteiger partial charge >= 0.3 is 0 Å². The molecule has 1 fully saturated rings. The molecule has 0 saturated heterocycles. The van der Waals surface area contributed by atoms with Gasteiger partial charge in [-0.15, -0.1) is 0 Å². The molecule has 0 unspecified atom stereocenters. The molecule has 0 atom stereocenters. The van der Waals surface area contributed by atoms with Crippen molar-refractivity contribution in [3.63, 3.8) is 0 Å². The van der Waals surface area contributed by atoms with E-state index in [0.717, 1.165) is 42.0 Å². The first-order chi connectivity index (χ1) is 9.13. The minimum absolute atomic E-state index is 0.256. The van der Waals surface area contributed by atoms with Gasteiger partial charge in [-0.1, -0.05) is 6.42 Å². The van der Waals surface area contributed by atoms with Crippen molar-refractivity contribution in [2.75, 3.05) is 18.9 Å². The molecule has 1 aromatic rings. The van der Waals surface area contributed by atoms with E-state index in [4.69, 9.17) is 10.8 Å². The van der Waals surface area contributed by atoms with Crippen LogP contribution in [0.4, 0.5) is 5.69 Å². The second-order valence-corrected chi connectivity index (χ2v) is 5.56. The van der Waals surface area contributed by atoms with Gasteiger partial charge in [-0.05, 0) is 44.2 Å². The lowest BCUT2D eigenvalue weighted by molar-refractivity contribution is 0.108. The third-order valence-corrected chi connectivity index (χ3v) is 4.22. The molecule has 0 aliphatic heterocycles. The number of rotatable bonds is 6. The van der Waals surface area contributed by atoms with Gasteiger partial charge in [-0.2, -0.15) is 0 Å². The number of aryl methyl sites for hydroxylation is 1. The minimum Gasteiger partial charge on any atom is -0.398 e. The Morgan fingerprint density at radius 1 is 1.42 bits per heavy atom. The molecule has 3 N–H and O–H groups in total. The van der Waals surface area contributed by atoms with Gasteiger partial charge < -0.3 is 10.8 Å². The van der Waals surface area contributed by atoms with E-state index in [-0.39, 0.29) is 6.61 Å². The van der Waals surface area contributed by atoms with Crippen molar-refractivity contribution >= 4 is 5.69 Å². The van der Waals surface area contributed by atoms with E-state index in [1.165, 1.54) is 19.3 Å². The van der Waals surface area contributed by atoms with Crippen molar-refractivity contribution in [1.29, 1.82) is 0 Å². The van der Waals surface area contributed by atoms with Crippen LogP contribution < -0.4 is 5.73 Å². The van der Waals surface area contributed by atoms with Gasteiger partial charge in [0.05, 0.1) is 5.69 Å². The number of nitrogen functional groups attached to an aromatic ring is 1. The maximum Gasteiger partial charge on any atom is 0.0593 e. The zero-order chi connectivity index (χ0) is 13.8. The summed E-state index contributed by atoms with van der Waals surface area (Å²) in [6, 6.07) is 0.662. The number of nitrogens with two attached hydrogens (primary N) is 1. The highest BCUT2D eigenvalue weighted by Gasteiger charge is 2.25. The molecule has 4 nitrogen and oxygen atoms in total. The Labute approximate surface area is 115 Å². The SMILES string of the molecule is Cc1cnc(CN(CCCO)C2CCC2)c(C)c1N. The summed E-state index contributed by atoms with van der Waals surface area (Å²) in [5.74, 6) is 0. The zero-order valence-corrected chi connectivity index (χ0v) is 12.0. The predicted octanol–water partition coefficient (Wildman–Crippen LogP) is 2.02. The van der Waals surface area contributed by atoms with Gasteiger partial charge in [0, 0.05) is 37.6 Å². The van der Waals surface area contributed by atoms with Crippen molar-refractivity contribution in [3.8, 4) is 0 Å². The quantitative estimate of drug-likeness (QED) is 0.824. The number of nitrogens with zero attached hydrogens (tertiary/aromatic N) is 2. The smallest absolute Gasteiger partial charge is 0.0593 e. The Morgan fingerprint density at radius 3 is 2.74 bits per heavy atom. The zero-order valence-electron chi connectivity index (χ0n) is 12.0. The molecule has 19 heavy (non-hydrogen) atoms. The molecule has 1 saturated carbocycles. The van der Waals surface area contributed by atoms with Crippen molar-refractivity contribution < 1.29 is 5.11 Å².